The fourth-order valence-corrected chi connectivity index (χ4v) is 2.00. The van der Waals surface area contributed by atoms with Gasteiger partial charge in [0, 0.05) is 0 Å². The molecule has 0 fully saturated rings. The summed E-state index contributed by atoms with van der Waals surface area (Å²) in [6, 6.07) is 0. The smallest absolute Gasteiger partial charge is 0.0204 e. The first kappa shape index (κ1) is 12.3. The van der Waals surface area contributed by atoms with Crippen LogP contribution in [0.25, 0.3) is 0 Å². The summed E-state index contributed by atoms with van der Waals surface area (Å²) in [6.07, 6.45) is 11.8. The second-order valence-corrected chi connectivity index (χ2v) is 5.05. The largest absolute Gasteiger partial charge is 0.0958 e. The van der Waals surface area contributed by atoms with Gasteiger partial charge in [-0.1, -0.05) is 49.8 Å². The van der Waals surface area contributed by atoms with Gasteiger partial charge in [-0.2, -0.15) is 0 Å². The lowest BCUT2D eigenvalue weighted by Gasteiger charge is -2.18. The van der Waals surface area contributed by atoms with Gasteiger partial charge in [-0.3, -0.25) is 0 Å². The van der Waals surface area contributed by atoms with Crippen LogP contribution in [0.5, 0.6) is 0 Å². The van der Waals surface area contributed by atoms with Crippen molar-refractivity contribution in [2.75, 3.05) is 0 Å². The first-order valence-electron chi connectivity index (χ1n) is 6.11. The first-order valence-corrected chi connectivity index (χ1v) is 6.11. The molecule has 0 spiro atoms. The molecule has 0 unspecified atom stereocenters. The fourth-order valence-electron chi connectivity index (χ4n) is 2.00. The molecule has 0 aromatic rings. The SMILES string of the molecule is C=C1C=C[C@H](C(C)C)CC/C(C)=C\CC1. The van der Waals surface area contributed by atoms with Gasteiger partial charge in [-0.15, -0.1) is 0 Å². The summed E-state index contributed by atoms with van der Waals surface area (Å²) >= 11 is 0. The van der Waals surface area contributed by atoms with Crippen LogP contribution in [0.4, 0.5) is 0 Å². The van der Waals surface area contributed by atoms with Gasteiger partial charge < -0.3 is 0 Å². The van der Waals surface area contributed by atoms with Crippen LogP contribution in [0.15, 0.2) is 36.0 Å². The highest BCUT2D eigenvalue weighted by Gasteiger charge is 2.10. The predicted molar refractivity (Wildman–Crippen MR) is 68.8 cm³/mol. The Balaban J connectivity index is 2.70. The van der Waals surface area contributed by atoms with Crippen molar-refractivity contribution in [1.29, 1.82) is 0 Å². The van der Waals surface area contributed by atoms with E-state index in [1.54, 1.807) is 5.57 Å². The molecule has 1 atom stereocenters. The Hall–Kier alpha value is -0.780. The first-order chi connectivity index (χ1) is 7.09. The third-order valence-corrected chi connectivity index (χ3v) is 3.27. The van der Waals surface area contributed by atoms with E-state index >= 15 is 0 Å². The molecule has 0 nitrogen and oxygen atoms in total. The number of rotatable bonds is 1. The van der Waals surface area contributed by atoms with Crippen molar-refractivity contribution in [3.63, 3.8) is 0 Å². The molecule has 1 rings (SSSR count). The number of hydrogen-bond acceptors (Lipinski definition) is 0. The van der Waals surface area contributed by atoms with Gasteiger partial charge in [0.25, 0.3) is 0 Å². The zero-order valence-electron chi connectivity index (χ0n) is 10.4. The Bertz CT molecular complexity index is 266. The minimum atomic E-state index is 0.711. The van der Waals surface area contributed by atoms with Crippen LogP contribution in [-0.4, -0.2) is 0 Å². The van der Waals surface area contributed by atoms with Gasteiger partial charge in [0.1, 0.15) is 0 Å². The summed E-state index contributed by atoms with van der Waals surface area (Å²) in [4.78, 5) is 0. The third kappa shape index (κ3) is 4.51. The standard InChI is InChI=1S/C15H24/c1-12(2)15-10-8-13(3)6-5-7-14(4)9-11-15/h7-8,10,12,15H,3,5-6,9,11H2,1-2,4H3/b10-8?,14-7-/t15-/m0/s1. The van der Waals surface area contributed by atoms with Crippen LogP contribution in [0.2, 0.25) is 0 Å². The average molecular weight is 204 g/mol. The van der Waals surface area contributed by atoms with E-state index in [-0.39, 0.29) is 0 Å². The maximum absolute atomic E-state index is 4.09. The van der Waals surface area contributed by atoms with Gasteiger partial charge in [-0.25, -0.2) is 0 Å². The van der Waals surface area contributed by atoms with Gasteiger partial charge in [0.2, 0.25) is 0 Å². The van der Waals surface area contributed by atoms with Crippen molar-refractivity contribution in [3.8, 4) is 0 Å². The van der Waals surface area contributed by atoms with Crippen LogP contribution in [0.1, 0.15) is 46.5 Å². The third-order valence-electron chi connectivity index (χ3n) is 3.27. The monoisotopic (exact) mass is 204 g/mol. The Morgan fingerprint density at radius 1 is 1.33 bits per heavy atom. The molecular formula is C15H24. The quantitative estimate of drug-likeness (QED) is 0.533. The normalized spacial score (nSPS) is 27.6. The molecule has 0 N–H and O–H groups in total. The zero-order chi connectivity index (χ0) is 11.3. The molecule has 0 heteroatoms. The van der Waals surface area contributed by atoms with Crippen molar-refractivity contribution in [2.45, 2.75) is 46.5 Å². The van der Waals surface area contributed by atoms with Crippen molar-refractivity contribution in [3.05, 3.63) is 36.0 Å². The minimum absolute atomic E-state index is 0.711. The Kier molecular flexibility index (Phi) is 4.87. The maximum Gasteiger partial charge on any atom is -0.0204 e. The summed E-state index contributed by atoms with van der Waals surface area (Å²) < 4.78 is 0. The molecule has 0 saturated carbocycles. The lowest BCUT2D eigenvalue weighted by Crippen LogP contribution is -2.06. The van der Waals surface area contributed by atoms with Crippen LogP contribution >= 0.6 is 0 Å². The summed E-state index contributed by atoms with van der Waals surface area (Å²) in [7, 11) is 0. The minimum Gasteiger partial charge on any atom is -0.0958 e. The molecule has 0 bridgehead atoms. The molecule has 0 radical (unpaired) electrons. The van der Waals surface area contributed by atoms with Crippen LogP contribution in [0.3, 0.4) is 0 Å². The van der Waals surface area contributed by atoms with E-state index in [4.69, 9.17) is 0 Å². The molecule has 0 aromatic heterocycles. The van der Waals surface area contributed by atoms with Crippen LogP contribution in [-0.2, 0) is 0 Å². The van der Waals surface area contributed by atoms with E-state index in [0.717, 1.165) is 18.8 Å². The van der Waals surface area contributed by atoms with Crippen LogP contribution in [0, 0.1) is 11.8 Å². The molecule has 1 aliphatic rings. The number of hydrogen-bond donors (Lipinski definition) is 0. The summed E-state index contributed by atoms with van der Waals surface area (Å²) in [5.41, 5.74) is 2.82. The van der Waals surface area contributed by atoms with Crippen molar-refractivity contribution >= 4 is 0 Å². The Morgan fingerprint density at radius 2 is 2.07 bits per heavy atom. The van der Waals surface area contributed by atoms with Gasteiger partial charge in [0.05, 0.1) is 0 Å². The molecule has 0 saturated heterocycles. The highest BCUT2D eigenvalue weighted by molar-refractivity contribution is 5.17. The van der Waals surface area contributed by atoms with Crippen molar-refractivity contribution in [2.24, 2.45) is 11.8 Å². The van der Waals surface area contributed by atoms with E-state index in [1.807, 2.05) is 0 Å². The highest BCUT2D eigenvalue weighted by Crippen LogP contribution is 2.24. The van der Waals surface area contributed by atoms with E-state index in [2.05, 4.69) is 45.6 Å². The topological polar surface area (TPSA) is 0 Å². The Labute approximate surface area is 94.8 Å². The Morgan fingerprint density at radius 3 is 2.73 bits per heavy atom. The van der Waals surface area contributed by atoms with E-state index in [0.29, 0.717) is 5.92 Å². The number of allylic oxidation sites excluding steroid dienone is 5. The lowest BCUT2D eigenvalue weighted by molar-refractivity contribution is 0.435. The maximum atomic E-state index is 4.09. The molecule has 0 amide bonds. The highest BCUT2D eigenvalue weighted by atomic mass is 14.2. The zero-order valence-corrected chi connectivity index (χ0v) is 10.4. The van der Waals surface area contributed by atoms with E-state index in [1.165, 1.54) is 18.4 Å². The molecule has 0 aromatic carbocycles. The van der Waals surface area contributed by atoms with E-state index in [9.17, 15) is 0 Å². The summed E-state index contributed by atoms with van der Waals surface area (Å²) in [5, 5.41) is 0. The molecule has 84 valence electrons. The summed E-state index contributed by atoms with van der Waals surface area (Å²) in [5.74, 6) is 1.45. The van der Waals surface area contributed by atoms with Crippen LogP contribution < -0.4 is 0 Å². The molecule has 0 heterocycles. The molecule has 1 aliphatic carbocycles. The molecular weight excluding hydrogens is 180 g/mol. The van der Waals surface area contributed by atoms with Gasteiger partial charge >= 0.3 is 0 Å². The molecule has 15 heavy (non-hydrogen) atoms. The second-order valence-electron chi connectivity index (χ2n) is 5.05. The molecule has 0 aliphatic heterocycles. The van der Waals surface area contributed by atoms with Crippen molar-refractivity contribution in [1.82, 2.24) is 0 Å². The second kappa shape index (κ2) is 5.95. The van der Waals surface area contributed by atoms with Crippen molar-refractivity contribution < 1.29 is 0 Å². The van der Waals surface area contributed by atoms with Gasteiger partial charge in [-0.05, 0) is 44.4 Å². The predicted octanol–water partition coefficient (Wildman–Crippen LogP) is 4.89. The average Bonchev–Trinajstić information content (AvgIpc) is 2.16. The van der Waals surface area contributed by atoms with E-state index < -0.39 is 0 Å². The van der Waals surface area contributed by atoms with Gasteiger partial charge in [0.15, 0.2) is 0 Å². The summed E-state index contributed by atoms with van der Waals surface area (Å²) in [6.45, 7) is 11.0. The lowest BCUT2D eigenvalue weighted by atomic mass is 9.88. The fraction of sp³-hybridized carbons (Fsp3) is 0.600.